The van der Waals surface area contributed by atoms with E-state index in [0.29, 0.717) is 0 Å². The molecule has 0 spiro atoms. The second-order valence-corrected chi connectivity index (χ2v) is 5.17. The highest BCUT2D eigenvalue weighted by molar-refractivity contribution is 5.39. The molecule has 80 valence electrons. The van der Waals surface area contributed by atoms with E-state index in [1.807, 2.05) is 0 Å². The van der Waals surface area contributed by atoms with Crippen molar-refractivity contribution >= 4 is 0 Å². The average Bonchev–Trinajstić information content (AvgIpc) is 2.82. The fourth-order valence-corrected chi connectivity index (χ4v) is 3.43. The second kappa shape index (κ2) is 4.00. The van der Waals surface area contributed by atoms with Gasteiger partial charge in [0.1, 0.15) is 0 Å². The fourth-order valence-electron chi connectivity index (χ4n) is 3.43. The van der Waals surface area contributed by atoms with Gasteiger partial charge in [0.05, 0.1) is 0 Å². The minimum Gasteiger partial charge on any atom is -0.0617 e. The molecule has 2 aliphatic carbocycles. The zero-order chi connectivity index (χ0) is 10.1. The summed E-state index contributed by atoms with van der Waals surface area (Å²) in [7, 11) is 0. The molecule has 3 rings (SSSR count). The molecule has 1 aromatic carbocycles. The van der Waals surface area contributed by atoms with Crippen molar-refractivity contribution in [3.63, 3.8) is 0 Å². The van der Waals surface area contributed by atoms with Crippen molar-refractivity contribution in [3.05, 3.63) is 34.9 Å². The Balaban J connectivity index is 1.99. The zero-order valence-corrected chi connectivity index (χ0v) is 9.47. The topological polar surface area (TPSA) is 0 Å². The summed E-state index contributed by atoms with van der Waals surface area (Å²) in [6.07, 6.45) is 11.3. The molecule has 1 saturated carbocycles. The summed E-state index contributed by atoms with van der Waals surface area (Å²) in [5, 5.41) is 0. The molecule has 0 amide bonds. The number of fused-ring (bicyclic) bond motifs is 1. The first kappa shape index (κ1) is 9.45. The highest BCUT2D eigenvalue weighted by atomic mass is 14.3. The monoisotopic (exact) mass is 200 g/mol. The van der Waals surface area contributed by atoms with Crippen LogP contribution in [0.15, 0.2) is 18.2 Å². The summed E-state index contributed by atoms with van der Waals surface area (Å²) >= 11 is 0. The normalized spacial score (nSPS) is 21.6. The number of hydrogen-bond acceptors (Lipinski definition) is 0. The Kier molecular flexibility index (Phi) is 2.52. The summed E-state index contributed by atoms with van der Waals surface area (Å²) in [5.41, 5.74) is 5.10. The Morgan fingerprint density at radius 3 is 2.53 bits per heavy atom. The Hall–Kier alpha value is -0.780. The van der Waals surface area contributed by atoms with Crippen LogP contribution in [0.1, 0.15) is 61.1 Å². The molecule has 1 aromatic rings. The molecule has 0 bridgehead atoms. The van der Waals surface area contributed by atoms with Gasteiger partial charge in [0.2, 0.25) is 0 Å². The molecule has 0 aliphatic heterocycles. The van der Waals surface area contributed by atoms with Crippen molar-refractivity contribution in [2.45, 2.75) is 57.3 Å². The van der Waals surface area contributed by atoms with Gasteiger partial charge in [-0.3, -0.25) is 0 Å². The standard InChI is InChI=1S/C15H20/c1-2-7-12(6-1)15-11-5-9-13-8-3-4-10-14(13)15/h5,9,11-12H,1-4,6-8,10H2. The Bertz CT molecular complexity index is 345. The van der Waals surface area contributed by atoms with Gasteiger partial charge in [-0.15, -0.1) is 0 Å². The van der Waals surface area contributed by atoms with Crippen molar-refractivity contribution in [3.8, 4) is 0 Å². The number of benzene rings is 1. The van der Waals surface area contributed by atoms with Gasteiger partial charge in [-0.25, -0.2) is 0 Å². The molecule has 15 heavy (non-hydrogen) atoms. The van der Waals surface area contributed by atoms with Crippen LogP contribution in [-0.2, 0) is 12.8 Å². The van der Waals surface area contributed by atoms with Gasteiger partial charge in [0, 0.05) is 0 Å². The molecule has 0 heterocycles. The lowest BCUT2D eigenvalue weighted by atomic mass is 9.83. The van der Waals surface area contributed by atoms with Gasteiger partial charge in [-0.1, -0.05) is 31.0 Å². The summed E-state index contributed by atoms with van der Waals surface area (Å²) in [6, 6.07) is 7.05. The molecule has 0 heteroatoms. The number of rotatable bonds is 1. The molecular weight excluding hydrogens is 180 g/mol. The minimum absolute atomic E-state index is 0.901. The van der Waals surface area contributed by atoms with Crippen molar-refractivity contribution in [1.29, 1.82) is 0 Å². The van der Waals surface area contributed by atoms with Crippen LogP contribution in [0, 0.1) is 0 Å². The molecule has 0 atom stereocenters. The second-order valence-electron chi connectivity index (χ2n) is 5.17. The van der Waals surface area contributed by atoms with E-state index in [4.69, 9.17) is 0 Å². The van der Waals surface area contributed by atoms with E-state index < -0.39 is 0 Å². The summed E-state index contributed by atoms with van der Waals surface area (Å²) in [6.45, 7) is 0. The average molecular weight is 200 g/mol. The quantitative estimate of drug-likeness (QED) is 0.636. The largest absolute Gasteiger partial charge is 0.0617 e. The van der Waals surface area contributed by atoms with E-state index >= 15 is 0 Å². The van der Waals surface area contributed by atoms with Gasteiger partial charge in [0.15, 0.2) is 0 Å². The Morgan fingerprint density at radius 1 is 0.867 bits per heavy atom. The van der Waals surface area contributed by atoms with Gasteiger partial charge >= 0.3 is 0 Å². The number of aryl methyl sites for hydroxylation is 1. The lowest BCUT2D eigenvalue weighted by molar-refractivity contribution is 0.651. The van der Waals surface area contributed by atoms with Crippen molar-refractivity contribution in [2.24, 2.45) is 0 Å². The van der Waals surface area contributed by atoms with Gasteiger partial charge in [0.25, 0.3) is 0 Å². The SMILES string of the molecule is c1cc2c(c(C3CCCC3)c1)CCCC2. The van der Waals surface area contributed by atoms with Crippen LogP contribution in [0.2, 0.25) is 0 Å². The van der Waals surface area contributed by atoms with E-state index in [0.717, 1.165) is 5.92 Å². The fraction of sp³-hybridized carbons (Fsp3) is 0.600. The first-order valence-electron chi connectivity index (χ1n) is 6.56. The molecule has 0 unspecified atom stereocenters. The molecular formula is C15H20. The van der Waals surface area contributed by atoms with Crippen molar-refractivity contribution in [2.75, 3.05) is 0 Å². The predicted octanol–water partition coefficient (Wildman–Crippen LogP) is 4.22. The summed E-state index contributed by atoms with van der Waals surface area (Å²) in [5.74, 6) is 0.901. The molecule has 0 N–H and O–H groups in total. The zero-order valence-electron chi connectivity index (χ0n) is 9.47. The lowest BCUT2D eigenvalue weighted by Crippen LogP contribution is -2.08. The number of hydrogen-bond donors (Lipinski definition) is 0. The van der Waals surface area contributed by atoms with Gasteiger partial charge in [-0.2, -0.15) is 0 Å². The third-order valence-electron chi connectivity index (χ3n) is 4.23. The third-order valence-corrected chi connectivity index (χ3v) is 4.23. The van der Waals surface area contributed by atoms with Crippen LogP contribution >= 0.6 is 0 Å². The molecule has 0 aromatic heterocycles. The molecule has 0 nitrogen and oxygen atoms in total. The van der Waals surface area contributed by atoms with Crippen LogP contribution < -0.4 is 0 Å². The van der Waals surface area contributed by atoms with Gasteiger partial charge in [-0.05, 0) is 61.1 Å². The Morgan fingerprint density at radius 2 is 1.67 bits per heavy atom. The predicted molar refractivity (Wildman–Crippen MR) is 64.3 cm³/mol. The molecule has 1 fully saturated rings. The van der Waals surface area contributed by atoms with Gasteiger partial charge < -0.3 is 0 Å². The summed E-state index contributed by atoms with van der Waals surface area (Å²) in [4.78, 5) is 0. The highest BCUT2D eigenvalue weighted by Crippen LogP contribution is 2.38. The van der Waals surface area contributed by atoms with Crippen LogP contribution in [-0.4, -0.2) is 0 Å². The van der Waals surface area contributed by atoms with Crippen molar-refractivity contribution in [1.82, 2.24) is 0 Å². The summed E-state index contributed by atoms with van der Waals surface area (Å²) < 4.78 is 0. The Labute approximate surface area is 92.7 Å². The van der Waals surface area contributed by atoms with Crippen LogP contribution in [0.3, 0.4) is 0 Å². The van der Waals surface area contributed by atoms with E-state index in [-0.39, 0.29) is 0 Å². The maximum atomic E-state index is 2.40. The lowest BCUT2D eigenvalue weighted by Gasteiger charge is -2.22. The van der Waals surface area contributed by atoms with E-state index in [9.17, 15) is 0 Å². The minimum atomic E-state index is 0.901. The maximum Gasteiger partial charge on any atom is -0.0159 e. The van der Waals surface area contributed by atoms with Crippen LogP contribution in [0.5, 0.6) is 0 Å². The van der Waals surface area contributed by atoms with E-state index in [1.165, 1.54) is 51.4 Å². The van der Waals surface area contributed by atoms with E-state index in [1.54, 1.807) is 16.7 Å². The molecule has 0 saturated heterocycles. The molecule has 0 radical (unpaired) electrons. The highest BCUT2D eigenvalue weighted by Gasteiger charge is 2.22. The maximum absolute atomic E-state index is 2.40. The van der Waals surface area contributed by atoms with Crippen LogP contribution in [0.25, 0.3) is 0 Å². The van der Waals surface area contributed by atoms with E-state index in [2.05, 4.69) is 18.2 Å². The smallest absolute Gasteiger partial charge is 0.0159 e. The first-order chi connectivity index (χ1) is 7.45. The molecule has 2 aliphatic rings. The van der Waals surface area contributed by atoms with Crippen molar-refractivity contribution < 1.29 is 0 Å². The first-order valence-corrected chi connectivity index (χ1v) is 6.56. The third kappa shape index (κ3) is 1.71. The van der Waals surface area contributed by atoms with Crippen LogP contribution in [0.4, 0.5) is 0 Å².